The predicted molar refractivity (Wildman–Crippen MR) is 144 cm³/mol. The number of nitrogens with zero attached hydrogens (tertiary/aromatic N) is 2. The fraction of sp³-hybridized carbons (Fsp3) is 0.517. The van der Waals surface area contributed by atoms with Gasteiger partial charge in [-0.25, -0.2) is 4.98 Å². The van der Waals surface area contributed by atoms with Gasteiger partial charge in [0.25, 0.3) is 5.91 Å². The van der Waals surface area contributed by atoms with Crippen molar-refractivity contribution < 1.29 is 19.0 Å². The molecule has 36 heavy (non-hydrogen) atoms. The monoisotopic (exact) mass is 495 g/mol. The Kier molecular flexibility index (Phi) is 10.9. The molecule has 196 valence electrons. The van der Waals surface area contributed by atoms with E-state index < -0.39 is 0 Å². The largest absolute Gasteiger partial charge is 0.493 e. The van der Waals surface area contributed by atoms with Crippen molar-refractivity contribution in [1.29, 1.82) is 0 Å². The zero-order valence-electron chi connectivity index (χ0n) is 22.3. The predicted octanol–water partition coefficient (Wildman–Crippen LogP) is 6.52. The van der Waals surface area contributed by atoms with Crippen molar-refractivity contribution in [2.24, 2.45) is 0 Å². The normalized spacial score (nSPS) is 11.0. The van der Waals surface area contributed by atoms with E-state index in [4.69, 9.17) is 19.2 Å². The van der Waals surface area contributed by atoms with Gasteiger partial charge in [-0.15, -0.1) is 0 Å². The molecule has 0 fully saturated rings. The van der Waals surface area contributed by atoms with E-state index in [-0.39, 0.29) is 5.91 Å². The molecule has 0 unspecified atom stereocenters. The molecule has 0 radical (unpaired) electrons. The lowest BCUT2D eigenvalue weighted by atomic mass is 10.1. The van der Waals surface area contributed by atoms with Gasteiger partial charge in [-0.1, -0.05) is 70.4 Å². The fourth-order valence-corrected chi connectivity index (χ4v) is 4.56. The van der Waals surface area contributed by atoms with Gasteiger partial charge in [-0.2, -0.15) is 0 Å². The summed E-state index contributed by atoms with van der Waals surface area (Å²) in [5.74, 6) is 1.98. The first-order valence-corrected chi connectivity index (χ1v) is 13.1. The first-order valence-electron chi connectivity index (χ1n) is 13.1. The molecule has 0 bridgehead atoms. The number of amides is 1. The molecule has 0 aliphatic heterocycles. The summed E-state index contributed by atoms with van der Waals surface area (Å²) in [4.78, 5) is 17.8. The average molecular weight is 496 g/mol. The van der Waals surface area contributed by atoms with E-state index in [1.54, 1.807) is 12.1 Å². The van der Waals surface area contributed by atoms with Crippen LogP contribution in [-0.2, 0) is 13.1 Å². The summed E-state index contributed by atoms with van der Waals surface area (Å²) < 4.78 is 18.4. The van der Waals surface area contributed by atoms with Gasteiger partial charge in [0.15, 0.2) is 11.5 Å². The summed E-state index contributed by atoms with van der Waals surface area (Å²) in [5.41, 5.74) is 2.49. The average Bonchev–Trinajstić information content (AvgIpc) is 3.27. The second-order valence-electron chi connectivity index (χ2n) is 9.09. The molecule has 1 amide bonds. The van der Waals surface area contributed by atoms with E-state index in [9.17, 15) is 4.79 Å². The highest BCUT2D eigenvalue weighted by atomic mass is 16.5. The van der Waals surface area contributed by atoms with Gasteiger partial charge in [0.2, 0.25) is 5.75 Å². The molecule has 1 heterocycles. The van der Waals surface area contributed by atoms with Crippen LogP contribution in [0.4, 0.5) is 0 Å². The molecular weight excluding hydrogens is 454 g/mol. The maximum absolute atomic E-state index is 13.0. The maximum atomic E-state index is 13.0. The van der Waals surface area contributed by atoms with Gasteiger partial charge < -0.3 is 24.1 Å². The molecule has 0 spiro atoms. The Morgan fingerprint density at radius 2 is 1.47 bits per heavy atom. The third-order valence-electron chi connectivity index (χ3n) is 6.55. The number of imidazole rings is 1. The zero-order valence-corrected chi connectivity index (χ0v) is 22.3. The second kappa shape index (κ2) is 14.4. The number of para-hydroxylation sites is 2. The smallest absolute Gasteiger partial charge is 0.251 e. The first kappa shape index (κ1) is 27.4. The lowest BCUT2D eigenvalue weighted by Gasteiger charge is -2.14. The number of hydrogen-bond donors (Lipinski definition) is 1. The number of carbonyl (C=O) groups excluding carboxylic acids is 1. The van der Waals surface area contributed by atoms with Crippen LogP contribution in [-0.4, -0.2) is 36.8 Å². The molecule has 2 aromatic carbocycles. The standard InChI is InChI=1S/C29H41N3O4/c1-5-6-7-8-9-10-11-12-15-18-32-24-17-14-13-16-23(24)31-27(32)21-30-29(33)22-19-25(34-2)28(36-4)26(20-22)35-3/h13-14,16-17,19-20H,5-12,15,18,21H2,1-4H3,(H,30,33). The Bertz CT molecular complexity index is 1080. The highest BCUT2D eigenvalue weighted by Gasteiger charge is 2.18. The van der Waals surface area contributed by atoms with Crippen LogP contribution in [0, 0.1) is 0 Å². The van der Waals surface area contributed by atoms with Gasteiger partial charge in [0.05, 0.1) is 38.9 Å². The third kappa shape index (κ3) is 7.15. The summed E-state index contributed by atoms with van der Waals surface area (Å²) in [6.07, 6.45) is 11.6. The van der Waals surface area contributed by atoms with Crippen LogP contribution in [0.1, 0.15) is 80.9 Å². The SMILES string of the molecule is CCCCCCCCCCCn1c(CNC(=O)c2cc(OC)c(OC)c(OC)c2)nc2ccccc21. The Morgan fingerprint density at radius 1 is 0.861 bits per heavy atom. The van der Waals surface area contributed by atoms with E-state index in [1.165, 1.54) is 72.7 Å². The Morgan fingerprint density at radius 3 is 2.08 bits per heavy atom. The Balaban J connectivity index is 1.63. The minimum absolute atomic E-state index is 0.226. The first-order chi connectivity index (χ1) is 17.6. The molecule has 1 aromatic heterocycles. The van der Waals surface area contributed by atoms with E-state index in [0.717, 1.165) is 29.8 Å². The number of hydrogen-bond acceptors (Lipinski definition) is 5. The van der Waals surface area contributed by atoms with E-state index in [2.05, 4.69) is 22.9 Å². The van der Waals surface area contributed by atoms with E-state index >= 15 is 0 Å². The van der Waals surface area contributed by atoms with Crippen molar-refractivity contribution >= 4 is 16.9 Å². The number of rotatable bonds is 16. The highest BCUT2D eigenvalue weighted by molar-refractivity contribution is 5.95. The minimum atomic E-state index is -0.226. The second-order valence-corrected chi connectivity index (χ2v) is 9.09. The van der Waals surface area contributed by atoms with Crippen LogP contribution in [0.3, 0.4) is 0 Å². The van der Waals surface area contributed by atoms with Crippen molar-refractivity contribution in [2.75, 3.05) is 21.3 Å². The summed E-state index contributed by atoms with van der Waals surface area (Å²) in [6, 6.07) is 11.5. The van der Waals surface area contributed by atoms with Gasteiger partial charge in [0, 0.05) is 12.1 Å². The topological polar surface area (TPSA) is 74.6 Å². The number of carbonyl (C=O) groups is 1. The number of benzene rings is 2. The van der Waals surface area contributed by atoms with Crippen molar-refractivity contribution in [1.82, 2.24) is 14.9 Å². The number of aromatic nitrogens is 2. The van der Waals surface area contributed by atoms with Gasteiger partial charge in [-0.05, 0) is 30.7 Å². The summed E-state index contributed by atoms with van der Waals surface area (Å²) in [7, 11) is 4.61. The molecule has 1 N–H and O–H groups in total. The number of aryl methyl sites for hydroxylation is 1. The summed E-state index contributed by atoms with van der Waals surface area (Å²) in [6.45, 7) is 3.49. The number of ether oxygens (including phenoxy) is 3. The number of nitrogens with one attached hydrogen (secondary N) is 1. The summed E-state index contributed by atoms with van der Waals surface area (Å²) in [5, 5.41) is 3.02. The molecule has 0 atom stereocenters. The Hall–Kier alpha value is -3.22. The highest BCUT2D eigenvalue weighted by Crippen LogP contribution is 2.38. The van der Waals surface area contributed by atoms with Crippen molar-refractivity contribution in [3.63, 3.8) is 0 Å². The van der Waals surface area contributed by atoms with Crippen molar-refractivity contribution in [3.8, 4) is 17.2 Å². The molecule has 7 nitrogen and oxygen atoms in total. The van der Waals surface area contributed by atoms with Crippen LogP contribution in [0.2, 0.25) is 0 Å². The van der Waals surface area contributed by atoms with Crippen LogP contribution in [0.15, 0.2) is 36.4 Å². The molecule has 3 aromatic rings. The van der Waals surface area contributed by atoms with Crippen molar-refractivity contribution in [2.45, 2.75) is 77.8 Å². The van der Waals surface area contributed by atoms with Crippen LogP contribution < -0.4 is 19.5 Å². The molecule has 0 aliphatic carbocycles. The van der Waals surface area contributed by atoms with Gasteiger partial charge in [-0.3, -0.25) is 4.79 Å². The zero-order chi connectivity index (χ0) is 25.8. The van der Waals surface area contributed by atoms with E-state index in [1.807, 2.05) is 18.2 Å². The number of fused-ring (bicyclic) bond motifs is 1. The summed E-state index contributed by atoms with van der Waals surface area (Å²) >= 11 is 0. The van der Waals surface area contributed by atoms with E-state index in [0.29, 0.717) is 29.4 Å². The van der Waals surface area contributed by atoms with Gasteiger partial charge in [0.1, 0.15) is 5.82 Å². The molecule has 0 saturated carbocycles. The lowest BCUT2D eigenvalue weighted by Crippen LogP contribution is -2.25. The van der Waals surface area contributed by atoms with Crippen LogP contribution in [0.5, 0.6) is 17.2 Å². The molecule has 0 saturated heterocycles. The third-order valence-corrected chi connectivity index (χ3v) is 6.55. The fourth-order valence-electron chi connectivity index (χ4n) is 4.56. The number of unbranched alkanes of at least 4 members (excludes halogenated alkanes) is 8. The van der Waals surface area contributed by atoms with Gasteiger partial charge >= 0.3 is 0 Å². The molecular formula is C29H41N3O4. The maximum Gasteiger partial charge on any atom is 0.251 e. The lowest BCUT2D eigenvalue weighted by molar-refractivity contribution is 0.0948. The van der Waals surface area contributed by atoms with Crippen LogP contribution in [0.25, 0.3) is 11.0 Å². The van der Waals surface area contributed by atoms with Crippen molar-refractivity contribution in [3.05, 3.63) is 47.8 Å². The van der Waals surface area contributed by atoms with Crippen LogP contribution >= 0.6 is 0 Å². The number of methoxy groups -OCH3 is 3. The molecule has 3 rings (SSSR count). The quantitative estimate of drug-likeness (QED) is 0.229. The minimum Gasteiger partial charge on any atom is -0.493 e. The Labute approximate surface area is 215 Å². The molecule has 7 heteroatoms. The molecule has 0 aliphatic rings.